The molecule has 7 rings (SSSR count). The lowest BCUT2D eigenvalue weighted by Crippen LogP contribution is -2.12. The van der Waals surface area contributed by atoms with Gasteiger partial charge in [0, 0.05) is 34.1 Å². The summed E-state index contributed by atoms with van der Waals surface area (Å²) in [5, 5.41) is 9.94. The fourth-order valence-corrected chi connectivity index (χ4v) is 6.26. The van der Waals surface area contributed by atoms with Gasteiger partial charge in [-0.05, 0) is 137 Å². The average molecular weight is 679 g/mol. The van der Waals surface area contributed by atoms with Crippen molar-refractivity contribution in [1.29, 1.82) is 0 Å². The minimum absolute atomic E-state index is 0.115. The molecule has 0 aliphatic heterocycles. The van der Waals surface area contributed by atoms with Gasteiger partial charge in [-0.25, -0.2) is 0 Å². The molecule has 0 atom stereocenters. The summed E-state index contributed by atoms with van der Waals surface area (Å²) in [4.78, 5) is 4.41. The number of hydrogen-bond acceptors (Lipinski definition) is 4. The zero-order valence-corrected chi connectivity index (χ0v) is 29.8. The largest absolute Gasteiger partial charge is 0.508 e. The molecular formula is C48H42N2O2. The molecular weight excluding hydrogens is 637 g/mol. The van der Waals surface area contributed by atoms with Crippen LogP contribution in [0.4, 0.5) is 34.1 Å². The molecule has 4 heteroatoms. The van der Waals surface area contributed by atoms with Crippen molar-refractivity contribution in [3.8, 4) is 17.2 Å². The van der Waals surface area contributed by atoms with E-state index in [1.54, 1.807) is 12.1 Å². The van der Waals surface area contributed by atoms with Crippen LogP contribution >= 0.6 is 0 Å². The predicted octanol–water partition coefficient (Wildman–Crippen LogP) is 13.5. The van der Waals surface area contributed by atoms with Gasteiger partial charge in [0.1, 0.15) is 17.2 Å². The van der Waals surface area contributed by atoms with Gasteiger partial charge in [-0.2, -0.15) is 0 Å². The van der Waals surface area contributed by atoms with E-state index in [1.165, 1.54) is 5.56 Å². The zero-order valence-electron chi connectivity index (χ0n) is 29.8. The predicted molar refractivity (Wildman–Crippen MR) is 217 cm³/mol. The van der Waals surface area contributed by atoms with Crippen LogP contribution in [0.2, 0.25) is 0 Å². The minimum Gasteiger partial charge on any atom is -0.508 e. The molecule has 0 saturated carbocycles. The highest BCUT2D eigenvalue weighted by atomic mass is 16.5. The molecule has 0 unspecified atom stereocenters. The quantitative estimate of drug-likeness (QED) is 0.156. The van der Waals surface area contributed by atoms with Gasteiger partial charge in [-0.1, -0.05) is 100 Å². The Bertz CT molecular complexity index is 2220. The Balaban J connectivity index is 1.11. The number of ether oxygens (including phenoxy) is 1. The van der Waals surface area contributed by atoms with Crippen molar-refractivity contribution in [3.63, 3.8) is 0 Å². The van der Waals surface area contributed by atoms with Crippen LogP contribution in [-0.2, 0) is 5.41 Å². The monoisotopic (exact) mass is 678 g/mol. The maximum Gasteiger partial charge on any atom is 0.127 e. The van der Waals surface area contributed by atoms with Crippen molar-refractivity contribution in [1.82, 2.24) is 0 Å². The molecule has 0 aliphatic rings. The highest BCUT2D eigenvalue weighted by Crippen LogP contribution is 2.40. The second-order valence-electron chi connectivity index (χ2n) is 13.8. The van der Waals surface area contributed by atoms with Gasteiger partial charge in [-0.15, -0.1) is 0 Å². The molecule has 0 spiro atoms. The molecule has 4 nitrogen and oxygen atoms in total. The summed E-state index contributed by atoms with van der Waals surface area (Å²) in [5.41, 5.74) is 10.6. The smallest absolute Gasteiger partial charge is 0.127 e. The van der Waals surface area contributed by atoms with E-state index in [1.807, 2.05) is 60.7 Å². The van der Waals surface area contributed by atoms with E-state index in [-0.39, 0.29) is 11.2 Å². The normalized spacial score (nSPS) is 11.1. The summed E-state index contributed by atoms with van der Waals surface area (Å²) in [7, 11) is 0. The van der Waals surface area contributed by atoms with E-state index >= 15 is 0 Å². The first-order valence-corrected chi connectivity index (χ1v) is 17.5. The van der Waals surface area contributed by atoms with Crippen molar-refractivity contribution >= 4 is 39.7 Å². The lowest BCUT2D eigenvalue weighted by molar-refractivity contribution is 0.475. The summed E-state index contributed by atoms with van der Waals surface area (Å²) < 4.78 is 6.28. The topological polar surface area (TPSA) is 35.9 Å². The van der Waals surface area contributed by atoms with Crippen LogP contribution in [-0.4, -0.2) is 5.11 Å². The number of phenolic OH excluding ortho intramolecular Hbond substituents is 1. The maximum absolute atomic E-state index is 9.94. The van der Waals surface area contributed by atoms with Crippen LogP contribution in [0.5, 0.6) is 17.2 Å². The van der Waals surface area contributed by atoms with Crippen LogP contribution in [0.1, 0.15) is 37.5 Å². The van der Waals surface area contributed by atoms with Crippen LogP contribution < -0.4 is 14.5 Å². The number of hydrogen-bond donors (Lipinski definition) is 1. The second-order valence-corrected chi connectivity index (χ2v) is 13.8. The molecule has 0 bridgehead atoms. The van der Waals surface area contributed by atoms with Crippen LogP contribution in [0.3, 0.4) is 0 Å². The minimum atomic E-state index is 0.115. The first-order valence-electron chi connectivity index (χ1n) is 17.5. The average Bonchev–Trinajstić information content (AvgIpc) is 3.18. The molecule has 7 aromatic rings. The molecule has 0 aromatic heterocycles. The van der Waals surface area contributed by atoms with Crippen molar-refractivity contribution in [2.24, 2.45) is 0 Å². The van der Waals surface area contributed by atoms with E-state index < -0.39 is 0 Å². The molecule has 0 fully saturated rings. The van der Waals surface area contributed by atoms with Gasteiger partial charge in [0.25, 0.3) is 0 Å². The number of para-hydroxylation sites is 2. The molecule has 52 heavy (non-hydrogen) atoms. The molecule has 0 radical (unpaired) electrons. The van der Waals surface area contributed by atoms with E-state index in [0.29, 0.717) is 0 Å². The van der Waals surface area contributed by atoms with Crippen molar-refractivity contribution < 1.29 is 9.84 Å². The van der Waals surface area contributed by atoms with E-state index in [0.717, 1.165) is 62.3 Å². The van der Waals surface area contributed by atoms with E-state index in [9.17, 15) is 5.11 Å². The third kappa shape index (κ3) is 7.62. The Morgan fingerprint density at radius 2 is 0.769 bits per heavy atom. The molecule has 0 heterocycles. The lowest BCUT2D eigenvalue weighted by Gasteiger charge is -2.28. The molecule has 0 amide bonds. The highest BCUT2D eigenvalue weighted by Gasteiger charge is 2.17. The number of benzene rings is 7. The van der Waals surface area contributed by atoms with Gasteiger partial charge < -0.3 is 19.6 Å². The maximum atomic E-state index is 9.94. The Morgan fingerprint density at radius 3 is 1.17 bits per heavy atom. The number of anilines is 6. The van der Waals surface area contributed by atoms with Gasteiger partial charge in [0.15, 0.2) is 0 Å². The van der Waals surface area contributed by atoms with E-state index in [2.05, 4.69) is 146 Å². The number of rotatable bonds is 10. The molecule has 7 aromatic carbocycles. The summed E-state index contributed by atoms with van der Waals surface area (Å²) in [5.74, 6) is 1.75. The highest BCUT2D eigenvalue weighted by molar-refractivity contribution is 5.81. The van der Waals surface area contributed by atoms with E-state index in [4.69, 9.17) is 4.74 Å². The zero-order chi connectivity index (χ0) is 36.1. The number of phenols is 1. The van der Waals surface area contributed by atoms with Crippen molar-refractivity contribution in [2.45, 2.75) is 26.2 Å². The number of aromatic hydroxyl groups is 1. The van der Waals surface area contributed by atoms with Crippen LogP contribution in [0, 0.1) is 0 Å². The fourth-order valence-electron chi connectivity index (χ4n) is 6.26. The molecule has 1 N–H and O–H groups in total. The SMILES string of the molecule is C=C(c1ccc(Oc2ccc(N(c3ccccc3)c3ccc(N(c4ccccc4)c4ccc(O)cc4)cc3)cc2)cc1)c1ccc(C(C)(C)C)cc1. The lowest BCUT2D eigenvalue weighted by atomic mass is 9.86. The first kappa shape index (κ1) is 34.0. The van der Waals surface area contributed by atoms with Crippen molar-refractivity contribution in [2.75, 3.05) is 9.80 Å². The standard InChI is InChI=1S/C48H42N2O2/c1-35(36-15-19-38(20-16-36)48(2,3)4)37-17-31-46(32-18-37)52-47-33-27-44(28-34-47)50(40-13-9-6-10-14-40)42-23-21-41(22-24-42)49(39-11-7-5-8-12-39)43-25-29-45(51)30-26-43/h5-34,51H,1H2,2-4H3. The summed E-state index contributed by atoms with van der Waals surface area (Å²) >= 11 is 0. The van der Waals surface area contributed by atoms with Gasteiger partial charge in [-0.3, -0.25) is 0 Å². The summed E-state index contributed by atoms with van der Waals surface area (Å²) in [6, 6.07) is 61.4. The summed E-state index contributed by atoms with van der Waals surface area (Å²) in [6.45, 7) is 11.0. The Morgan fingerprint density at radius 1 is 0.442 bits per heavy atom. The Hall–Kier alpha value is -6.52. The summed E-state index contributed by atoms with van der Waals surface area (Å²) in [6.07, 6.45) is 0. The van der Waals surface area contributed by atoms with Gasteiger partial charge >= 0.3 is 0 Å². The Labute approximate surface area is 307 Å². The van der Waals surface area contributed by atoms with Crippen LogP contribution in [0.25, 0.3) is 5.57 Å². The van der Waals surface area contributed by atoms with Gasteiger partial charge in [0.05, 0.1) is 0 Å². The number of nitrogens with zero attached hydrogens (tertiary/aromatic N) is 2. The fraction of sp³-hybridized carbons (Fsp3) is 0.0833. The third-order valence-electron chi connectivity index (χ3n) is 9.14. The first-order chi connectivity index (χ1) is 25.2. The third-order valence-corrected chi connectivity index (χ3v) is 9.14. The molecule has 0 saturated heterocycles. The van der Waals surface area contributed by atoms with Gasteiger partial charge in [0.2, 0.25) is 0 Å². The Kier molecular flexibility index (Phi) is 9.64. The van der Waals surface area contributed by atoms with Crippen molar-refractivity contribution in [3.05, 3.63) is 205 Å². The second kappa shape index (κ2) is 14.8. The molecule has 0 aliphatic carbocycles. The van der Waals surface area contributed by atoms with Crippen LogP contribution in [0.15, 0.2) is 189 Å². The molecule has 256 valence electrons.